The summed E-state index contributed by atoms with van der Waals surface area (Å²) in [5.41, 5.74) is -0.0309. The van der Waals surface area contributed by atoms with Crippen LogP contribution < -0.4 is 0 Å². The Bertz CT molecular complexity index is 732. The van der Waals surface area contributed by atoms with E-state index in [0.29, 0.717) is 38.2 Å². The number of fused-ring (bicyclic) bond motifs is 1. The van der Waals surface area contributed by atoms with Crippen molar-refractivity contribution in [2.45, 2.75) is 39.5 Å². The molecule has 27 heavy (non-hydrogen) atoms. The molecular formula is C18H19Cl4NO4. The lowest BCUT2D eigenvalue weighted by atomic mass is 10.1. The highest BCUT2D eigenvalue weighted by Crippen LogP contribution is 2.44. The molecule has 0 aromatic heterocycles. The predicted molar refractivity (Wildman–Crippen MR) is 106 cm³/mol. The highest BCUT2D eigenvalue weighted by atomic mass is 35.5. The third kappa shape index (κ3) is 4.89. The first kappa shape index (κ1) is 22.3. The van der Waals surface area contributed by atoms with Crippen molar-refractivity contribution in [2.75, 3.05) is 13.2 Å². The van der Waals surface area contributed by atoms with E-state index in [1.54, 1.807) is 0 Å². The maximum atomic E-state index is 12.6. The van der Waals surface area contributed by atoms with Gasteiger partial charge in [0.25, 0.3) is 11.8 Å². The summed E-state index contributed by atoms with van der Waals surface area (Å²) in [6, 6.07) is 0. The average Bonchev–Trinajstić information content (AvgIpc) is 2.87. The van der Waals surface area contributed by atoms with Crippen molar-refractivity contribution in [3.8, 4) is 0 Å². The molecule has 0 bridgehead atoms. The van der Waals surface area contributed by atoms with Crippen LogP contribution in [0.15, 0.2) is 0 Å². The average molecular weight is 455 g/mol. The fraction of sp³-hybridized carbons (Fsp3) is 0.500. The topological polar surface area (TPSA) is 63.7 Å². The van der Waals surface area contributed by atoms with Crippen LogP contribution in [0.5, 0.6) is 0 Å². The van der Waals surface area contributed by atoms with Crippen LogP contribution >= 0.6 is 46.4 Å². The number of carbonyl (C=O) groups is 3. The SMILES string of the molecule is CC(C)COC(=O)CCCCCN1C(=O)c2c(Cl)c(Cl)c(Cl)c(Cl)c2C1=O. The summed E-state index contributed by atoms with van der Waals surface area (Å²) in [6.07, 6.45) is 2.11. The number of benzene rings is 1. The molecule has 1 heterocycles. The number of hydrogen-bond acceptors (Lipinski definition) is 4. The van der Waals surface area contributed by atoms with Crippen LogP contribution in [0.1, 0.15) is 60.2 Å². The van der Waals surface area contributed by atoms with Gasteiger partial charge in [0.2, 0.25) is 0 Å². The van der Waals surface area contributed by atoms with Crippen molar-refractivity contribution in [3.05, 3.63) is 31.2 Å². The summed E-state index contributed by atoms with van der Waals surface area (Å²) in [6.45, 7) is 4.53. The van der Waals surface area contributed by atoms with Crippen molar-refractivity contribution in [2.24, 2.45) is 5.92 Å². The first-order chi connectivity index (χ1) is 12.7. The van der Waals surface area contributed by atoms with Crippen molar-refractivity contribution in [1.29, 1.82) is 0 Å². The van der Waals surface area contributed by atoms with Crippen molar-refractivity contribution in [3.63, 3.8) is 0 Å². The van der Waals surface area contributed by atoms with E-state index in [9.17, 15) is 14.4 Å². The zero-order valence-electron chi connectivity index (χ0n) is 14.9. The van der Waals surface area contributed by atoms with E-state index in [2.05, 4.69) is 0 Å². The van der Waals surface area contributed by atoms with Gasteiger partial charge in [-0.2, -0.15) is 0 Å². The maximum Gasteiger partial charge on any atom is 0.305 e. The molecule has 0 spiro atoms. The summed E-state index contributed by atoms with van der Waals surface area (Å²) in [5, 5.41) is -0.250. The molecular weight excluding hydrogens is 436 g/mol. The Morgan fingerprint density at radius 3 is 1.89 bits per heavy atom. The number of amides is 2. The zero-order valence-corrected chi connectivity index (χ0v) is 17.9. The Morgan fingerprint density at radius 2 is 1.41 bits per heavy atom. The van der Waals surface area contributed by atoms with Crippen LogP contribution in [0, 0.1) is 5.92 Å². The molecule has 0 atom stereocenters. The van der Waals surface area contributed by atoms with Crippen molar-refractivity contribution in [1.82, 2.24) is 4.90 Å². The lowest BCUT2D eigenvalue weighted by molar-refractivity contribution is -0.144. The number of imide groups is 1. The minimum Gasteiger partial charge on any atom is -0.465 e. The quantitative estimate of drug-likeness (QED) is 0.167. The molecule has 1 aromatic rings. The molecule has 1 aliphatic rings. The second kappa shape index (κ2) is 9.46. The second-order valence-electron chi connectivity index (χ2n) is 6.66. The summed E-state index contributed by atoms with van der Waals surface area (Å²) >= 11 is 24.1. The number of hydrogen-bond donors (Lipinski definition) is 0. The minimum absolute atomic E-state index is 0.0154. The molecule has 0 saturated carbocycles. The summed E-state index contributed by atoms with van der Waals surface area (Å²) in [4.78, 5) is 37.7. The molecule has 148 valence electrons. The van der Waals surface area contributed by atoms with Gasteiger partial charge < -0.3 is 4.74 Å². The minimum atomic E-state index is -0.545. The molecule has 0 N–H and O–H groups in total. The monoisotopic (exact) mass is 453 g/mol. The number of esters is 1. The first-order valence-corrected chi connectivity index (χ1v) is 10.1. The van der Waals surface area contributed by atoms with Gasteiger partial charge in [-0.05, 0) is 18.8 Å². The predicted octanol–water partition coefficient (Wildman–Crippen LogP) is 5.66. The third-order valence-electron chi connectivity index (χ3n) is 4.03. The molecule has 5 nitrogen and oxygen atoms in total. The summed E-state index contributed by atoms with van der Waals surface area (Å²) in [5.74, 6) is -1.04. The van der Waals surface area contributed by atoms with E-state index < -0.39 is 11.8 Å². The Balaban J connectivity index is 1.91. The number of unbranched alkanes of at least 4 members (excludes halogenated alkanes) is 2. The molecule has 0 fully saturated rings. The van der Waals surface area contributed by atoms with Gasteiger partial charge in [0.05, 0.1) is 37.8 Å². The van der Waals surface area contributed by atoms with Crippen LogP contribution in [-0.4, -0.2) is 35.8 Å². The van der Waals surface area contributed by atoms with Gasteiger partial charge in [-0.25, -0.2) is 0 Å². The van der Waals surface area contributed by atoms with Crippen LogP contribution in [0.2, 0.25) is 20.1 Å². The number of ether oxygens (including phenoxy) is 1. The summed E-state index contributed by atoms with van der Waals surface area (Å²) < 4.78 is 5.10. The fourth-order valence-corrected chi connectivity index (χ4v) is 3.66. The highest BCUT2D eigenvalue weighted by molar-refractivity contribution is 6.55. The Morgan fingerprint density at radius 1 is 0.889 bits per heavy atom. The molecule has 0 aliphatic carbocycles. The lowest BCUT2D eigenvalue weighted by Crippen LogP contribution is -2.30. The van der Waals surface area contributed by atoms with Gasteiger partial charge >= 0.3 is 5.97 Å². The van der Waals surface area contributed by atoms with Gasteiger partial charge in [0.15, 0.2) is 0 Å². The standard InChI is InChI=1S/C18H19Cl4NO4/c1-9(2)8-27-10(24)6-4-3-5-7-23-17(25)11-12(18(23)26)14(20)16(22)15(21)13(11)19/h9H,3-8H2,1-2H3. The van der Waals surface area contributed by atoms with E-state index in [0.717, 1.165) is 4.90 Å². The molecule has 2 amide bonds. The lowest BCUT2D eigenvalue weighted by Gasteiger charge is -2.13. The number of rotatable bonds is 8. The van der Waals surface area contributed by atoms with E-state index in [1.807, 2.05) is 13.8 Å². The number of carbonyl (C=O) groups excluding carboxylic acids is 3. The molecule has 2 rings (SSSR count). The second-order valence-corrected chi connectivity index (χ2v) is 8.17. The van der Waals surface area contributed by atoms with E-state index in [4.69, 9.17) is 51.1 Å². The van der Waals surface area contributed by atoms with Gasteiger partial charge in [-0.15, -0.1) is 0 Å². The molecule has 9 heteroatoms. The zero-order chi connectivity index (χ0) is 20.3. The first-order valence-electron chi connectivity index (χ1n) is 8.54. The maximum absolute atomic E-state index is 12.6. The molecule has 0 radical (unpaired) electrons. The normalized spacial score (nSPS) is 13.5. The van der Waals surface area contributed by atoms with Gasteiger partial charge in [0.1, 0.15) is 0 Å². The van der Waals surface area contributed by atoms with Crippen LogP contribution in [0.4, 0.5) is 0 Å². The number of halogens is 4. The Kier molecular flexibility index (Phi) is 7.81. The van der Waals surface area contributed by atoms with Crippen LogP contribution in [-0.2, 0) is 9.53 Å². The molecule has 0 saturated heterocycles. The van der Waals surface area contributed by atoms with E-state index in [-0.39, 0.29) is 43.7 Å². The van der Waals surface area contributed by atoms with Gasteiger partial charge in [-0.3, -0.25) is 19.3 Å². The number of nitrogens with zero attached hydrogens (tertiary/aromatic N) is 1. The highest BCUT2D eigenvalue weighted by Gasteiger charge is 2.41. The third-order valence-corrected chi connectivity index (χ3v) is 5.83. The summed E-state index contributed by atoms with van der Waals surface area (Å²) in [7, 11) is 0. The Labute approximate surface area is 177 Å². The van der Waals surface area contributed by atoms with E-state index >= 15 is 0 Å². The van der Waals surface area contributed by atoms with Gasteiger partial charge in [0, 0.05) is 13.0 Å². The Hall–Kier alpha value is -1.01. The van der Waals surface area contributed by atoms with Crippen LogP contribution in [0.3, 0.4) is 0 Å². The van der Waals surface area contributed by atoms with E-state index in [1.165, 1.54) is 0 Å². The largest absolute Gasteiger partial charge is 0.465 e. The van der Waals surface area contributed by atoms with Crippen molar-refractivity contribution < 1.29 is 19.1 Å². The smallest absolute Gasteiger partial charge is 0.305 e. The fourth-order valence-electron chi connectivity index (χ4n) is 2.65. The molecule has 1 aromatic carbocycles. The van der Waals surface area contributed by atoms with Crippen LogP contribution in [0.25, 0.3) is 0 Å². The van der Waals surface area contributed by atoms with Gasteiger partial charge in [-0.1, -0.05) is 66.7 Å². The van der Waals surface area contributed by atoms with Crippen molar-refractivity contribution >= 4 is 64.2 Å². The molecule has 0 unspecified atom stereocenters. The molecule has 1 aliphatic heterocycles.